The van der Waals surface area contributed by atoms with Gasteiger partial charge in [0.05, 0.1) is 0 Å². The minimum atomic E-state index is -0.629. The Labute approximate surface area is 87.1 Å². The van der Waals surface area contributed by atoms with Crippen molar-refractivity contribution in [2.45, 2.75) is 4.90 Å². The van der Waals surface area contributed by atoms with Crippen LogP contribution in [0.1, 0.15) is 0 Å². The fraction of sp³-hybridized carbons (Fsp3) is 0.333. The molecule has 0 aliphatic heterocycles. The first-order valence-electron chi connectivity index (χ1n) is 4.72. The van der Waals surface area contributed by atoms with Gasteiger partial charge in [0.2, 0.25) is 0 Å². The topological polar surface area (TPSA) is 4.93 Å². The molecule has 2 rings (SSSR count). The summed E-state index contributed by atoms with van der Waals surface area (Å²) < 4.78 is 2.18. The highest BCUT2D eigenvalue weighted by molar-refractivity contribution is 8.32. The van der Waals surface area contributed by atoms with E-state index in [0.717, 1.165) is 0 Å². The van der Waals surface area contributed by atoms with Crippen LogP contribution >= 0.6 is 10.0 Å². The van der Waals surface area contributed by atoms with E-state index in [1.807, 2.05) is 0 Å². The minimum absolute atomic E-state index is 0.629. The molecule has 0 fully saturated rings. The van der Waals surface area contributed by atoms with Crippen LogP contribution in [0.2, 0.25) is 0 Å². The summed E-state index contributed by atoms with van der Waals surface area (Å²) in [5.74, 6) is 0. The lowest BCUT2D eigenvalue weighted by atomic mass is 10.2. The van der Waals surface area contributed by atoms with Crippen molar-refractivity contribution in [1.82, 2.24) is 4.57 Å². The highest BCUT2D eigenvalue weighted by Gasteiger charge is 2.12. The van der Waals surface area contributed by atoms with E-state index in [2.05, 4.69) is 60.8 Å². The summed E-state index contributed by atoms with van der Waals surface area (Å²) >= 11 is 0. The molecule has 2 heteroatoms. The molecular formula is C12H17NS. The van der Waals surface area contributed by atoms with Crippen LogP contribution in [0.3, 0.4) is 0 Å². The smallest absolute Gasteiger partial charge is 0.0488 e. The summed E-state index contributed by atoms with van der Waals surface area (Å²) in [4.78, 5) is 1.51. The maximum Gasteiger partial charge on any atom is 0.0488 e. The summed E-state index contributed by atoms with van der Waals surface area (Å²) in [5.41, 5.74) is 1.34. The molecule has 0 bridgehead atoms. The van der Waals surface area contributed by atoms with Gasteiger partial charge in [-0.25, -0.2) is 10.0 Å². The predicted molar refractivity (Wildman–Crippen MR) is 66.5 cm³/mol. The number of aromatic nitrogens is 1. The fourth-order valence-corrected chi connectivity index (χ4v) is 3.13. The quantitative estimate of drug-likeness (QED) is 0.676. The number of hydrogen-bond acceptors (Lipinski definition) is 0. The molecule has 0 radical (unpaired) electrons. The third-order valence-corrected chi connectivity index (χ3v) is 4.22. The number of fused-ring (bicyclic) bond motifs is 1. The monoisotopic (exact) mass is 207 g/mol. The summed E-state index contributed by atoms with van der Waals surface area (Å²) in [7, 11) is 1.47. The van der Waals surface area contributed by atoms with Gasteiger partial charge < -0.3 is 4.57 Å². The second-order valence-corrected chi connectivity index (χ2v) is 8.57. The maximum absolute atomic E-state index is 2.34. The number of nitrogens with zero attached hydrogens (tertiary/aromatic N) is 1. The van der Waals surface area contributed by atoms with Gasteiger partial charge in [-0.2, -0.15) is 0 Å². The van der Waals surface area contributed by atoms with Gasteiger partial charge in [0.15, 0.2) is 0 Å². The number of benzene rings is 1. The number of hydrogen-bond donors (Lipinski definition) is 0. The van der Waals surface area contributed by atoms with Crippen LogP contribution in [0.15, 0.2) is 35.4 Å². The van der Waals surface area contributed by atoms with Gasteiger partial charge in [-0.05, 0) is 41.9 Å². The lowest BCUT2D eigenvalue weighted by Gasteiger charge is -2.26. The summed E-state index contributed by atoms with van der Waals surface area (Å²) in [6, 6.07) is 8.83. The van der Waals surface area contributed by atoms with Crippen LogP contribution in [0.25, 0.3) is 10.9 Å². The van der Waals surface area contributed by atoms with Gasteiger partial charge in [0.1, 0.15) is 0 Å². The van der Waals surface area contributed by atoms with Crippen LogP contribution in [-0.2, 0) is 7.05 Å². The lowest BCUT2D eigenvalue weighted by Crippen LogP contribution is -1.93. The molecule has 0 amide bonds. The second kappa shape index (κ2) is 3.06. The van der Waals surface area contributed by atoms with E-state index in [1.165, 1.54) is 15.8 Å². The van der Waals surface area contributed by atoms with Crippen molar-refractivity contribution in [1.29, 1.82) is 0 Å². The zero-order chi connectivity index (χ0) is 10.3. The first kappa shape index (κ1) is 9.66. The SMILES string of the molecule is Cn1ccc2c(S(C)(C)C)cccc21. The van der Waals surface area contributed by atoms with Crippen molar-refractivity contribution in [2.24, 2.45) is 7.05 Å². The van der Waals surface area contributed by atoms with Crippen LogP contribution in [0.4, 0.5) is 0 Å². The van der Waals surface area contributed by atoms with Gasteiger partial charge >= 0.3 is 0 Å². The third kappa shape index (κ3) is 1.44. The first-order chi connectivity index (χ1) is 6.50. The lowest BCUT2D eigenvalue weighted by molar-refractivity contribution is 0.969. The normalized spacial score (nSPS) is 13.4. The molecule has 0 saturated heterocycles. The molecule has 0 unspecified atom stereocenters. The van der Waals surface area contributed by atoms with Crippen LogP contribution in [0.5, 0.6) is 0 Å². The molecule has 1 aromatic heterocycles. The summed E-state index contributed by atoms with van der Waals surface area (Å²) in [5, 5.41) is 1.41. The predicted octanol–water partition coefficient (Wildman–Crippen LogP) is 3.23. The molecule has 0 aliphatic carbocycles. The Bertz CT molecular complexity index is 463. The van der Waals surface area contributed by atoms with E-state index >= 15 is 0 Å². The van der Waals surface area contributed by atoms with Gasteiger partial charge in [-0.3, -0.25) is 0 Å². The summed E-state index contributed by atoms with van der Waals surface area (Å²) in [6.45, 7) is 0. The molecule has 2 aromatic rings. The largest absolute Gasteiger partial charge is 0.351 e. The molecule has 0 N–H and O–H groups in total. The van der Waals surface area contributed by atoms with E-state index in [-0.39, 0.29) is 0 Å². The average Bonchev–Trinajstić information content (AvgIpc) is 2.46. The van der Waals surface area contributed by atoms with E-state index in [0.29, 0.717) is 0 Å². The first-order valence-corrected chi connectivity index (χ1v) is 7.58. The van der Waals surface area contributed by atoms with E-state index in [1.54, 1.807) is 0 Å². The standard InChI is InChI=1S/C12H17NS/c1-13-9-8-10-11(13)6-5-7-12(10)14(2,3)4/h5-9H,1-4H3. The van der Waals surface area contributed by atoms with Gasteiger partial charge in [-0.15, -0.1) is 0 Å². The molecule has 76 valence electrons. The summed E-state index contributed by atoms with van der Waals surface area (Å²) in [6.07, 6.45) is 9.16. The number of rotatable bonds is 1. The van der Waals surface area contributed by atoms with Crippen molar-refractivity contribution in [3.8, 4) is 0 Å². The molecule has 0 spiro atoms. The van der Waals surface area contributed by atoms with E-state index < -0.39 is 10.0 Å². The molecule has 1 aromatic carbocycles. The Balaban J connectivity index is 2.79. The molecule has 14 heavy (non-hydrogen) atoms. The molecular weight excluding hydrogens is 190 g/mol. The molecule has 0 atom stereocenters. The highest BCUT2D eigenvalue weighted by Crippen LogP contribution is 2.48. The molecule has 0 saturated carbocycles. The van der Waals surface area contributed by atoms with Crippen LogP contribution in [-0.4, -0.2) is 23.3 Å². The minimum Gasteiger partial charge on any atom is -0.351 e. The van der Waals surface area contributed by atoms with E-state index in [4.69, 9.17) is 0 Å². The Morgan fingerprint density at radius 1 is 1.07 bits per heavy atom. The van der Waals surface area contributed by atoms with Crippen molar-refractivity contribution in [3.63, 3.8) is 0 Å². The molecule has 1 heterocycles. The fourth-order valence-electron chi connectivity index (χ4n) is 1.81. The van der Waals surface area contributed by atoms with Gasteiger partial charge in [0, 0.05) is 24.1 Å². The Morgan fingerprint density at radius 3 is 2.43 bits per heavy atom. The Kier molecular flexibility index (Phi) is 2.11. The Morgan fingerprint density at radius 2 is 1.79 bits per heavy atom. The highest BCUT2D eigenvalue weighted by atomic mass is 32.3. The van der Waals surface area contributed by atoms with Crippen molar-refractivity contribution in [2.75, 3.05) is 18.8 Å². The zero-order valence-electron chi connectivity index (χ0n) is 9.24. The molecule has 0 aliphatic rings. The zero-order valence-corrected chi connectivity index (χ0v) is 10.1. The average molecular weight is 207 g/mol. The third-order valence-electron chi connectivity index (χ3n) is 2.55. The van der Waals surface area contributed by atoms with Gasteiger partial charge in [-0.1, -0.05) is 6.07 Å². The Hall–Kier alpha value is -0.890. The van der Waals surface area contributed by atoms with E-state index in [9.17, 15) is 0 Å². The van der Waals surface area contributed by atoms with Crippen molar-refractivity contribution < 1.29 is 0 Å². The maximum atomic E-state index is 2.34. The van der Waals surface area contributed by atoms with Crippen LogP contribution < -0.4 is 0 Å². The number of aryl methyl sites for hydroxylation is 1. The van der Waals surface area contributed by atoms with Crippen molar-refractivity contribution in [3.05, 3.63) is 30.5 Å². The van der Waals surface area contributed by atoms with Crippen molar-refractivity contribution >= 4 is 20.9 Å². The van der Waals surface area contributed by atoms with Gasteiger partial charge in [0.25, 0.3) is 0 Å². The second-order valence-electron chi connectivity index (χ2n) is 4.45. The molecule has 1 nitrogen and oxygen atoms in total. The van der Waals surface area contributed by atoms with Crippen LogP contribution in [0, 0.1) is 0 Å².